The van der Waals surface area contributed by atoms with Gasteiger partial charge in [0.25, 0.3) is 0 Å². The topological polar surface area (TPSA) is 86.5 Å². The number of hydrogen-bond acceptors (Lipinski definition) is 6. The highest BCUT2D eigenvalue weighted by Gasteiger charge is 2.12. The number of amides is 1. The molecule has 1 aromatic heterocycles. The quantitative estimate of drug-likeness (QED) is 0.711. The summed E-state index contributed by atoms with van der Waals surface area (Å²) in [5, 5.41) is 10.3. The molecule has 2 aromatic carbocycles. The van der Waals surface area contributed by atoms with E-state index in [0.29, 0.717) is 23.0 Å². The fourth-order valence-corrected chi connectivity index (χ4v) is 2.11. The Morgan fingerprint density at radius 2 is 1.88 bits per heavy atom. The van der Waals surface area contributed by atoms with Gasteiger partial charge in [-0.05, 0) is 30.3 Å². The van der Waals surface area contributed by atoms with E-state index in [-0.39, 0.29) is 24.9 Å². The highest BCUT2D eigenvalue weighted by Crippen LogP contribution is 2.23. The summed E-state index contributed by atoms with van der Waals surface area (Å²) in [5.74, 6) is 1.43. The SMILES string of the molecule is COc1cccc(-c2nnc(NC(=O)CCOc3ccccc3)o2)c1. The molecule has 0 aliphatic carbocycles. The zero-order valence-electron chi connectivity index (χ0n) is 13.6. The number of carbonyl (C=O) groups is 1. The standard InChI is InChI=1S/C18H17N3O4/c1-23-15-9-5-6-13(12-15)17-20-21-18(25-17)19-16(22)10-11-24-14-7-3-2-4-8-14/h2-9,12H,10-11H2,1H3,(H,19,21,22). The average molecular weight is 339 g/mol. The molecule has 0 saturated carbocycles. The van der Waals surface area contributed by atoms with Crippen molar-refractivity contribution in [1.29, 1.82) is 0 Å². The molecule has 1 amide bonds. The molecule has 7 heteroatoms. The highest BCUT2D eigenvalue weighted by molar-refractivity contribution is 5.88. The van der Waals surface area contributed by atoms with Crippen LogP contribution in [0.15, 0.2) is 59.0 Å². The van der Waals surface area contributed by atoms with Gasteiger partial charge in [0, 0.05) is 5.56 Å². The maximum Gasteiger partial charge on any atom is 0.322 e. The molecule has 0 bridgehead atoms. The van der Waals surface area contributed by atoms with E-state index >= 15 is 0 Å². The van der Waals surface area contributed by atoms with Gasteiger partial charge in [-0.25, -0.2) is 0 Å². The molecule has 0 aliphatic heterocycles. The summed E-state index contributed by atoms with van der Waals surface area (Å²) in [7, 11) is 1.58. The number of nitrogens with one attached hydrogen (secondary N) is 1. The monoisotopic (exact) mass is 339 g/mol. The summed E-state index contributed by atoms with van der Waals surface area (Å²) in [5.41, 5.74) is 0.708. The second kappa shape index (κ2) is 7.96. The number of carbonyl (C=O) groups excluding carboxylic acids is 1. The predicted molar refractivity (Wildman–Crippen MR) is 91.5 cm³/mol. The Hall–Kier alpha value is -3.35. The summed E-state index contributed by atoms with van der Waals surface area (Å²) < 4.78 is 16.1. The smallest absolute Gasteiger partial charge is 0.322 e. The first-order valence-electron chi connectivity index (χ1n) is 7.70. The number of methoxy groups -OCH3 is 1. The molecule has 1 heterocycles. The van der Waals surface area contributed by atoms with E-state index in [1.807, 2.05) is 48.5 Å². The summed E-state index contributed by atoms with van der Waals surface area (Å²) in [4.78, 5) is 11.9. The number of para-hydroxylation sites is 1. The lowest BCUT2D eigenvalue weighted by atomic mass is 10.2. The number of aromatic nitrogens is 2. The maximum atomic E-state index is 11.9. The second-order valence-corrected chi connectivity index (χ2v) is 5.10. The van der Waals surface area contributed by atoms with Crippen LogP contribution in [-0.2, 0) is 4.79 Å². The Labute approximate surface area is 144 Å². The fraction of sp³-hybridized carbons (Fsp3) is 0.167. The average Bonchev–Trinajstić information content (AvgIpc) is 3.11. The van der Waals surface area contributed by atoms with Gasteiger partial charge in [0.1, 0.15) is 11.5 Å². The van der Waals surface area contributed by atoms with E-state index < -0.39 is 0 Å². The van der Waals surface area contributed by atoms with Crippen LogP contribution in [0, 0.1) is 0 Å². The lowest BCUT2D eigenvalue weighted by molar-refractivity contribution is -0.116. The largest absolute Gasteiger partial charge is 0.497 e. The van der Waals surface area contributed by atoms with Crippen LogP contribution in [0.1, 0.15) is 6.42 Å². The molecule has 0 unspecified atom stereocenters. The molecule has 3 aromatic rings. The van der Waals surface area contributed by atoms with E-state index in [2.05, 4.69) is 15.5 Å². The predicted octanol–water partition coefficient (Wildman–Crippen LogP) is 3.15. The van der Waals surface area contributed by atoms with Gasteiger partial charge in [-0.2, -0.15) is 0 Å². The van der Waals surface area contributed by atoms with Crippen LogP contribution >= 0.6 is 0 Å². The molecule has 0 radical (unpaired) electrons. The Balaban J connectivity index is 1.53. The van der Waals surface area contributed by atoms with Gasteiger partial charge in [-0.1, -0.05) is 29.4 Å². The number of nitrogens with zero attached hydrogens (tertiary/aromatic N) is 2. The molecule has 7 nitrogen and oxygen atoms in total. The fourth-order valence-electron chi connectivity index (χ4n) is 2.11. The molecule has 0 spiro atoms. The van der Waals surface area contributed by atoms with Crippen molar-refractivity contribution >= 4 is 11.9 Å². The third-order valence-corrected chi connectivity index (χ3v) is 3.33. The Morgan fingerprint density at radius 3 is 2.68 bits per heavy atom. The summed E-state index contributed by atoms with van der Waals surface area (Å²) in [6.07, 6.45) is 0.172. The van der Waals surface area contributed by atoms with Gasteiger partial charge in [0.05, 0.1) is 20.1 Å². The number of rotatable bonds is 7. The van der Waals surface area contributed by atoms with Crippen LogP contribution in [0.4, 0.5) is 6.01 Å². The van der Waals surface area contributed by atoms with Gasteiger partial charge in [-0.15, -0.1) is 5.10 Å². The van der Waals surface area contributed by atoms with Crippen LogP contribution in [-0.4, -0.2) is 29.8 Å². The minimum atomic E-state index is -0.267. The highest BCUT2D eigenvalue weighted by atomic mass is 16.5. The first-order chi connectivity index (χ1) is 12.2. The summed E-state index contributed by atoms with van der Waals surface area (Å²) in [6.45, 7) is 0.257. The lowest BCUT2D eigenvalue weighted by Gasteiger charge is -2.05. The first-order valence-corrected chi connectivity index (χ1v) is 7.70. The molecule has 1 N–H and O–H groups in total. The van der Waals surface area contributed by atoms with E-state index in [1.165, 1.54) is 0 Å². The minimum Gasteiger partial charge on any atom is -0.497 e. The third-order valence-electron chi connectivity index (χ3n) is 3.33. The van der Waals surface area contributed by atoms with Gasteiger partial charge in [0.15, 0.2) is 0 Å². The first kappa shape index (κ1) is 16.5. The Kier molecular flexibility index (Phi) is 5.26. The van der Waals surface area contributed by atoms with E-state index in [9.17, 15) is 4.79 Å². The number of anilines is 1. The summed E-state index contributed by atoms with van der Waals surface area (Å²) >= 11 is 0. The molecule has 0 aliphatic rings. The van der Waals surface area contributed by atoms with E-state index in [0.717, 1.165) is 0 Å². The molecule has 128 valence electrons. The molecule has 0 fully saturated rings. The third kappa shape index (κ3) is 4.57. The van der Waals surface area contributed by atoms with Crippen molar-refractivity contribution < 1.29 is 18.7 Å². The summed E-state index contributed by atoms with van der Waals surface area (Å²) in [6, 6.07) is 16.6. The van der Waals surface area contributed by atoms with Gasteiger partial charge in [-0.3, -0.25) is 10.1 Å². The molecular formula is C18H17N3O4. The van der Waals surface area contributed by atoms with Crippen molar-refractivity contribution in [2.75, 3.05) is 19.0 Å². The van der Waals surface area contributed by atoms with Crippen molar-refractivity contribution in [3.05, 3.63) is 54.6 Å². The van der Waals surface area contributed by atoms with Crippen molar-refractivity contribution in [3.63, 3.8) is 0 Å². The maximum absolute atomic E-state index is 11.9. The van der Waals surface area contributed by atoms with Crippen LogP contribution in [0.2, 0.25) is 0 Å². The number of benzene rings is 2. The van der Waals surface area contributed by atoms with Gasteiger partial charge in [0.2, 0.25) is 11.8 Å². The minimum absolute atomic E-state index is 0.0440. The zero-order valence-corrected chi connectivity index (χ0v) is 13.6. The van der Waals surface area contributed by atoms with Gasteiger partial charge >= 0.3 is 6.01 Å². The number of ether oxygens (including phenoxy) is 2. The van der Waals surface area contributed by atoms with Gasteiger partial charge < -0.3 is 13.9 Å². The van der Waals surface area contributed by atoms with Crippen molar-refractivity contribution in [1.82, 2.24) is 10.2 Å². The lowest BCUT2D eigenvalue weighted by Crippen LogP contribution is -2.15. The van der Waals surface area contributed by atoms with Crippen molar-refractivity contribution in [3.8, 4) is 23.0 Å². The Bertz CT molecular complexity index is 833. The normalized spacial score (nSPS) is 10.3. The molecule has 0 atom stereocenters. The van der Waals surface area contributed by atoms with Crippen LogP contribution in [0.25, 0.3) is 11.5 Å². The van der Waals surface area contributed by atoms with Crippen LogP contribution in [0.3, 0.4) is 0 Å². The zero-order chi connectivity index (χ0) is 17.5. The Morgan fingerprint density at radius 1 is 1.08 bits per heavy atom. The number of hydrogen-bond donors (Lipinski definition) is 1. The molecule has 3 rings (SSSR count). The molecule has 25 heavy (non-hydrogen) atoms. The molecule has 0 saturated heterocycles. The van der Waals surface area contributed by atoms with Crippen LogP contribution < -0.4 is 14.8 Å². The second-order valence-electron chi connectivity index (χ2n) is 5.10. The van der Waals surface area contributed by atoms with E-state index in [1.54, 1.807) is 13.2 Å². The van der Waals surface area contributed by atoms with Crippen molar-refractivity contribution in [2.24, 2.45) is 0 Å². The van der Waals surface area contributed by atoms with Crippen molar-refractivity contribution in [2.45, 2.75) is 6.42 Å². The van der Waals surface area contributed by atoms with Crippen LogP contribution in [0.5, 0.6) is 11.5 Å². The van der Waals surface area contributed by atoms with E-state index in [4.69, 9.17) is 13.9 Å². The molecular weight excluding hydrogens is 322 g/mol.